The molecule has 6 heteroatoms. The van der Waals surface area contributed by atoms with Crippen LogP contribution in [0, 0.1) is 20.8 Å². The van der Waals surface area contributed by atoms with Gasteiger partial charge in [-0.3, -0.25) is 4.90 Å². The molecule has 3 heterocycles. The van der Waals surface area contributed by atoms with Gasteiger partial charge in [0, 0.05) is 43.7 Å². The van der Waals surface area contributed by atoms with Gasteiger partial charge < -0.3 is 9.42 Å². The highest BCUT2D eigenvalue weighted by molar-refractivity contribution is 7.13. The number of thiazole rings is 1. The molecule has 1 aliphatic heterocycles. The van der Waals surface area contributed by atoms with Crippen molar-refractivity contribution < 1.29 is 4.52 Å². The zero-order valence-corrected chi connectivity index (χ0v) is 13.0. The van der Waals surface area contributed by atoms with Crippen LogP contribution >= 0.6 is 11.3 Å². The molecule has 0 amide bonds. The molecule has 1 saturated heterocycles. The number of anilines is 1. The van der Waals surface area contributed by atoms with Crippen molar-refractivity contribution in [2.75, 3.05) is 31.1 Å². The second-order valence-electron chi connectivity index (χ2n) is 5.34. The zero-order valence-electron chi connectivity index (χ0n) is 12.2. The topological polar surface area (TPSA) is 45.4 Å². The van der Waals surface area contributed by atoms with Gasteiger partial charge in [0.05, 0.1) is 11.4 Å². The first-order valence-corrected chi connectivity index (χ1v) is 7.82. The molecule has 0 unspecified atom stereocenters. The molecule has 1 fully saturated rings. The van der Waals surface area contributed by atoms with Crippen LogP contribution in [0.1, 0.15) is 22.7 Å². The Morgan fingerprint density at radius 1 is 1.20 bits per heavy atom. The predicted molar refractivity (Wildman–Crippen MR) is 80.3 cm³/mol. The first-order valence-electron chi connectivity index (χ1n) is 6.94. The van der Waals surface area contributed by atoms with E-state index in [1.165, 1.54) is 5.56 Å². The first-order chi connectivity index (χ1) is 9.63. The minimum absolute atomic E-state index is 0.936. The van der Waals surface area contributed by atoms with E-state index >= 15 is 0 Å². The van der Waals surface area contributed by atoms with Gasteiger partial charge in [0.25, 0.3) is 0 Å². The molecule has 0 atom stereocenters. The van der Waals surface area contributed by atoms with E-state index in [0.29, 0.717) is 0 Å². The summed E-state index contributed by atoms with van der Waals surface area (Å²) in [5.74, 6) is 0.945. The van der Waals surface area contributed by atoms with Crippen LogP contribution in [-0.4, -0.2) is 41.2 Å². The average molecular weight is 292 g/mol. The molecular formula is C14H20N4OS. The molecule has 0 spiro atoms. The zero-order chi connectivity index (χ0) is 14.1. The molecule has 3 rings (SSSR count). The van der Waals surface area contributed by atoms with Crippen LogP contribution in [0.3, 0.4) is 0 Å². The Kier molecular flexibility index (Phi) is 3.76. The molecule has 1 aliphatic rings. The van der Waals surface area contributed by atoms with E-state index in [9.17, 15) is 0 Å². The molecule has 2 aromatic rings. The molecule has 0 aromatic carbocycles. The molecule has 20 heavy (non-hydrogen) atoms. The van der Waals surface area contributed by atoms with E-state index in [1.54, 1.807) is 11.3 Å². The van der Waals surface area contributed by atoms with Gasteiger partial charge in [0.1, 0.15) is 5.76 Å². The van der Waals surface area contributed by atoms with Gasteiger partial charge in [0.15, 0.2) is 5.13 Å². The fourth-order valence-corrected chi connectivity index (χ4v) is 3.39. The molecule has 0 saturated carbocycles. The predicted octanol–water partition coefficient (Wildman–Crippen LogP) is 2.38. The second kappa shape index (κ2) is 5.54. The highest BCUT2D eigenvalue weighted by atomic mass is 32.1. The number of rotatable bonds is 3. The quantitative estimate of drug-likeness (QED) is 0.869. The van der Waals surface area contributed by atoms with Crippen molar-refractivity contribution in [3.05, 3.63) is 28.1 Å². The Morgan fingerprint density at radius 2 is 1.95 bits per heavy atom. The maximum Gasteiger partial charge on any atom is 0.185 e. The summed E-state index contributed by atoms with van der Waals surface area (Å²) >= 11 is 1.74. The summed E-state index contributed by atoms with van der Waals surface area (Å²) in [6, 6.07) is 0. The normalized spacial score (nSPS) is 16.9. The van der Waals surface area contributed by atoms with Crippen LogP contribution in [-0.2, 0) is 6.54 Å². The first kappa shape index (κ1) is 13.6. The third-order valence-corrected chi connectivity index (χ3v) is 4.83. The third-order valence-electron chi connectivity index (χ3n) is 3.81. The van der Waals surface area contributed by atoms with Crippen LogP contribution in [0.2, 0.25) is 0 Å². The van der Waals surface area contributed by atoms with Crippen LogP contribution in [0.25, 0.3) is 0 Å². The number of aryl methyl sites for hydroxylation is 3. The second-order valence-corrected chi connectivity index (χ2v) is 6.17. The minimum Gasteiger partial charge on any atom is -0.361 e. The summed E-state index contributed by atoms with van der Waals surface area (Å²) in [7, 11) is 0. The summed E-state index contributed by atoms with van der Waals surface area (Å²) in [6.45, 7) is 11.2. The minimum atomic E-state index is 0.936. The highest BCUT2D eigenvalue weighted by Crippen LogP contribution is 2.22. The summed E-state index contributed by atoms with van der Waals surface area (Å²) in [5.41, 5.74) is 3.37. The van der Waals surface area contributed by atoms with Gasteiger partial charge in [-0.25, -0.2) is 4.98 Å². The fraction of sp³-hybridized carbons (Fsp3) is 0.571. The van der Waals surface area contributed by atoms with Crippen molar-refractivity contribution in [2.24, 2.45) is 0 Å². The Hall–Kier alpha value is -1.40. The van der Waals surface area contributed by atoms with Gasteiger partial charge >= 0.3 is 0 Å². The number of aromatic nitrogens is 2. The summed E-state index contributed by atoms with van der Waals surface area (Å²) in [4.78, 5) is 9.40. The number of hydrogen-bond acceptors (Lipinski definition) is 6. The van der Waals surface area contributed by atoms with E-state index in [0.717, 1.165) is 55.0 Å². The smallest absolute Gasteiger partial charge is 0.185 e. The SMILES string of the molecule is Cc1csc(N2CCN(Cc3c(C)noc3C)CC2)n1. The lowest BCUT2D eigenvalue weighted by Crippen LogP contribution is -2.46. The van der Waals surface area contributed by atoms with Crippen molar-refractivity contribution >= 4 is 16.5 Å². The van der Waals surface area contributed by atoms with Crippen molar-refractivity contribution in [1.29, 1.82) is 0 Å². The van der Waals surface area contributed by atoms with E-state index in [-0.39, 0.29) is 0 Å². The summed E-state index contributed by atoms with van der Waals surface area (Å²) in [6.07, 6.45) is 0. The molecule has 0 bridgehead atoms. The van der Waals surface area contributed by atoms with Crippen molar-refractivity contribution in [3.63, 3.8) is 0 Å². The molecular weight excluding hydrogens is 272 g/mol. The van der Waals surface area contributed by atoms with E-state index in [1.807, 2.05) is 20.8 Å². The standard InChI is InChI=1S/C14H20N4OS/c1-10-9-20-14(15-10)18-6-4-17(5-7-18)8-13-11(2)16-19-12(13)3/h9H,4-8H2,1-3H3. The third kappa shape index (κ3) is 2.71. The number of nitrogens with zero attached hydrogens (tertiary/aromatic N) is 4. The fourth-order valence-electron chi connectivity index (χ4n) is 2.54. The lowest BCUT2D eigenvalue weighted by Gasteiger charge is -2.34. The van der Waals surface area contributed by atoms with Gasteiger partial charge in [-0.15, -0.1) is 11.3 Å². The molecule has 5 nitrogen and oxygen atoms in total. The van der Waals surface area contributed by atoms with Gasteiger partial charge in [0.2, 0.25) is 0 Å². The Morgan fingerprint density at radius 3 is 2.50 bits per heavy atom. The summed E-state index contributed by atoms with van der Waals surface area (Å²) < 4.78 is 5.23. The van der Waals surface area contributed by atoms with Gasteiger partial charge in [-0.2, -0.15) is 0 Å². The summed E-state index contributed by atoms with van der Waals surface area (Å²) in [5, 5.41) is 7.30. The molecule has 0 aliphatic carbocycles. The van der Waals surface area contributed by atoms with Crippen molar-refractivity contribution in [2.45, 2.75) is 27.3 Å². The maximum atomic E-state index is 5.23. The van der Waals surface area contributed by atoms with E-state index in [2.05, 4.69) is 25.3 Å². The molecule has 0 radical (unpaired) electrons. The highest BCUT2D eigenvalue weighted by Gasteiger charge is 2.21. The van der Waals surface area contributed by atoms with Crippen LogP contribution in [0.15, 0.2) is 9.90 Å². The average Bonchev–Trinajstić information content (AvgIpc) is 3.01. The van der Waals surface area contributed by atoms with Crippen molar-refractivity contribution in [1.82, 2.24) is 15.0 Å². The van der Waals surface area contributed by atoms with Crippen LogP contribution in [0.4, 0.5) is 5.13 Å². The molecule has 2 aromatic heterocycles. The van der Waals surface area contributed by atoms with Gasteiger partial charge in [-0.05, 0) is 20.8 Å². The Labute approximate surface area is 123 Å². The lowest BCUT2D eigenvalue weighted by molar-refractivity contribution is 0.248. The van der Waals surface area contributed by atoms with Gasteiger partial charge in [-0.1, -0.05) is 5.16 Å². The van der Waals surface area contributed by atoms with E-state index < -0.39 is 0 Å². The Bertz CT molecular complexity index is 564. The van der Waals surface area contributed by atoms with Crippen LogP contribution < -0.4 is 4.90 Å². The number of piperazine rings is 1. The van der Waals surface area contributed by atoms with Crippen LogP contribution in [0.5, 0.6) is 0 Å². The molecule has 108 valence electrons. The largest absolute Gasteiger partial charge is 0.361 e. The van der Waals surface area contributed by atoms with Crippen molar-refractivity contribution in [3.8, 4) is 0 Å². The number of hydrogen-bond donors (Lipinski definition) is 0. The lowest BCUT2D eigenvalue weighted by atomic mass is 10.2. The maximum absolute atomic E-state index is 5.23. The van der Waals surface area contributed by atoms with E-state index in [4.69, 9.17) is 4.52 Å². The molecule has 0 N–H and O–H groups in total. The monoisotopic (exact) mass is 292 g/mol. The Balaban J connectivity index is 1.59.